The number of fused-ring (bicyclic) bond motifs is 1. The van der Waals surface area contributed by atoms with E-state index >= 15 is 0 Å². The van der Waals surface area contributed by atoms with E-state index in [0.717, 1.165) is 28.2 Å². The van der Waals surface area contributed by atoms with E-state index in [1.165, 1.54) is 0 Å². The van der Waals surface area contributed by atoms with Crippen molar-refractivity contribution in [2.75, 3.05) is 0 Å². The monoisotopic (exact) mass is 296 g/mol. The number of rotatable bonds is 3. The lowest BCUT2D eigenvalue weighted by Gasteiger charge is -2.08. The van der Waals surface area contributed by atoms with Crippen LogP contribution in [0.5, 0.6) is 0 Å². The summed E-state index contributed by atoms with van der Waals surface area (Å²) in [5, 5.41) is 9.06. The van der Waals surface area contributed by atoms with Crippen LogP contribution in [0, 0.1) is 18.3 Å². The average Bonchev–Trinajstić information content (AvgIpc) is 2.84. The first-order valence-corrected chi connectivity index (χ1v) is 7.12. The third kappa shape index (κ3) is 2.61. The Balaban J connectivity index is 2.13. The van der Waals surface area contributed by atoms with E-state index in [9.17, 15) is 0 Å². The molecule has 0 aliphatic rings. The summed E-state index contributed by atoms with van der Waals surface area (Å²) in [7, 11) is 0. The van der Waals surface area contributed by atoms with Crippen molar-refractivity contribution in [3.8, 4) is 6.07 Å². The minimum Gasteiger partial charge on any atom is -0.321 e. The topological polar surface area (TPSA) is 54.5 Å². The molecule has 3 aromatic rings. The fourth-order valence-corrected chi connectivity index (χ4v) is 2.57. The van der Waals surface area contributed by atoms with Gasteiger partial charge in [0, 0.05) is 5.69 Å². The highest BCUT2D eigenvalue weighted by molar-refractivity contribution is 6.16. The highest BCUT2D eigenvalue weighted by Gasteiger charge is 2.11. The molecule has 0 N–H and O–H groups in total. The molecule has 2 aromatic heterocycles. The number of halogens is 1. The molecular formula is C16H13ClN4. The number of aryl methyl sites for hydroxylation is 1. The van der Waals surface area contributed by atoms with E-state index in [1.54, 1.807) is 6.07 Å². The number of pyridine rings is 1. The molecule has 1 aromatic carbocycles. The number of hydrogen-bond acceptors (Lipinski definition) is 3. The molecule has 3 rings (SSSR count). The third-order valence-electron chi connectivity index (χ3n) is 3.34. The van der Waals surface area contributed by atoms with Gasteiger partial charge in [-0.15, -0.1) is 11.6 Å². The van der Waals surface area contributed by atoms with Gasteiger partial charge < -0.3 is 4.57 Å². The molecular weight excluding hydrogens is 284 g/mol. The van der Waals surface area contributed by atoms with E-state index in [4.69, 9.17) is 16.9 Å². The molecule has 0 fully saturated rings. The lowest BCUT2D eigenvalue weighted by atomic mass is 10.2. The first kappa shape index (κ1) is 13.6. The van der Waals surface area contributed by atoms with E-state index in [0.29, 0.717) is 18.0 Å². The van der Waals surface area contributed by atoms with Gasteiger partial charge >= 0.3 is 0 Å². The van der Waals surface area contributed by atoms with Gasteiger partial charge in [-0.05, 0) is 37.3 Å². The van der Waals surface area contributed by atoms with Crippen molar-refractivity contribution >= 4 is 22.6 Å². The lowest BCUT2D eigenvalue weighted by molar-refractivity contribution is 0.755. The highest BCUT2D eigenvalue weighted by atomic mass is 35.5. The fraction of sp³-hybridized carbons (Fsp3) is 0.188. The molecule has 5 heteroatoms. The minimum atomic E-state index is 0.322. The van der Waals surface area contributed by atoms with E-state index in [-0.39, 0.29) is 0 Å². The predicted octanol–water partition coefficient (Wildman–Crippen LogP) is 3.40. The van der Waals surface area contributed by atoms with Crippen LogP contribution in [0.3, 0.4) is 0 Å². The quantitative estimate of drug-likeness (QED) is 0.696. The number of alkyl halides is 1. The molecule has 0 unspecified atom stereocenters. The molecule has 0 amide bonds. The van der Waals surface area contributed by atoms with Crippen LogP contribution in [0.4, 0.5) is 0 Å². The van der Waals surface area contributed by atoms with Crippen molar-refractivity contribution < 1.29 is 0 Å². The molecule has 2 heterocycles. The van der Waals surface area contributed by atoms with Gasteiger partial charge in [-0.3, -0.25) is 4.98 Å². The van der Waals surface area contributed by atoms with Crippen LogP contribution >= 0.6 is 11.6 Å². The zero-order chi connectivity index (χ0) is 14.8. The van der Waals surface area contributed by atoms with E-state index < -0.39 is 0 Å². The second-order valence-corrected chi connectivity index (χ2v) is 5.10. The van der Waals surface area contributed by atoms with Crippen molar-refractivity contribution in [3.05, 3.63) is 59.2 Å². The second-order valence-electron chi connectivity index (χ2n) is 4.83. The van der Waals surface area contributed by atoms with E-state index in [2.05, 4.69) is 16.0 Å². The summed E-state index contributed by atoms with van der Waals surface area (Å²) in [5.74, 6) is 1.10. The van der Waals surface area contributed by atoms with Gasteiger partial charge in [0.25, 0.3) is 0 Å². The Morgan fingerprint density at radius 3 is 2.81 bits per heavy atom. The van der Waals surface area contributed by atoms with Gasteiger partial charge in [-0.25, -0.2) is 4.98 Å². The van der Waals surface area contributed by atoms with Crippen molar-refractivity contribution in [1.29, 1.82) is 5.26 Å². The maximum absolute atomic E-state index is 9.06. The SMILES string of the molecule is Cc1cccc(Cn2c(CCl)nc3ccc(C#N)cc32)n1. The normalized spacial score (nSPS) is 10.7. The number of aromatic nitrogens is 3. The minimum absolute atomic E-state index is 0.322. The molecule has 104 valence electrons. The van der Waals surface area contributed by atoms with Crippen LogP contribution in [0.25, 0.3) is 11.0 Å². The first-order chi connectivity index (χ1) is 10.2. The Hall–Kier alpha value is -2.38. The van der Waals surface area contributed by atoms with Gasteiger partial charge in [0.2, 0.25) is 0 Å². The van der Waals surface area contributed by atoms with Crippen LogP contribution in [0.1, 0.15) is 22.8 Å². The molecule has 0 spiro atoms. The molecule has 0 radical (unpaired) electrons. The molecule has 0 bridgehead atoms. The van der Waals surface area contributed by atoms with Crippen molar-refractivity contribution in [3.63, 3.8) is 0 Å². The fourth-order valence-electron chi connectivity index (χ4n) is 2.37. The largest absolute Gasteiger partial charge is 0.321 e. The molecule has 0 atom stereocenters. The summed E-state index contributed by atoms with van der Waals surface area (Å²) in [5.41, 5.74) is 4.29. The van der Waals surface area contributed by atoms with Crippen LogP contribution in [-0.4, -0.2) is 14.5 Å². The van der Waals surface area contributed by atoms with Gasteiger partial charge in [-0.1, -0.05) is 6.07 Å². The molecule has 4 nitrogen and oxygen atoms in total. The maximum atomic E-state index is 9.06. The average molecular weight is 297 g/mol. The smallest absolute Gasteiger partial charge is 0.125 e. The standard InChI is InChI=1S/C16H13ClN4/c1-11-3-2-4-13(19-11)10-21-15-7-12(9-18)5-6-14(15)20-16(21)8-17/h2-7H,8,10H2,1H3. The van der Waals surface area contributed by atoms with Crippen LogP contribution in [-0.2, 0) is 12.4 Å². The summed E-state index contributed by atoms with van der Waals surface area (Å²) >= 11 is 6.01. The highest BCUT2D eigenvalue weighted by Crippen LogP contribution is 2.20. The lowest BCUT2D eigenvalue weighted by Crippen LogP contribution is -2.06. The zero-order valence-electron chi connectivity index (χ0n) is 11.5. The number of hydrogen-bond donors (Lipinski definition) is 0. The summed E-state index contributed by atoms with van der Waals surface area (Å²) in [4.78, 5) is 9.04. The van der Waals surface area contributed by atoms with Gasteiger partial charge in [0.1, 0.15) is 5.82 Å². The molecule has 0 saturated carbocycles. The first-order valence-electron chi connectivity index (χ1n) is 6.59. The zero-order valence-corrected chi connectivity index (χ0v) is 12.3. The van der Waals surface area contributed by atoms with Gasteiger partial charge in [-0.2, -0.15) is 5.26 Å². The van der Waals surface area contributed by atoms with Crippen molar-refractivity contribution in [2.45, 2.75) is 19.3 Å². The number of nitrogens with zero attached hydrogens (tertiary/aromatic N) is 4. The van der Waals surface area contributed by atoms with E-state index in [1.807, 2.05) is 41.8 Å². The van der Waals surface area contributed by atoms with Crippen LogP contribution in [0.15, 0.2) is 36.4 Å². The summed E-state index contributed by atoms with van der Waals surface area (Å²) in [6.45, 7) is 2.56. The Morgan fingerprint density at radius 1 is 1.24 bits per heavy atom. The number of nitriles is 1. The molecule has 21 heavy (non-hydrogen) atoms. The van der Waals surface area contributed by atoms with Gasteiger partial charge in [0.05, 0.1) is 40.8 Å². The number of benzene rings is 1. The second kappa shape index (κ2) is 5.55. The Bertz CT molecular complexity index is 845. The van der Waals surface area contributed by atoms with Crippen LogP contribution < -0.4 is 0 Å². The summed E-state index contributed by atoms with van der Waals surface area (Å²) in [6, 6.07) is 13.5. The van der Waals surface area contributed by atoms with Crippen LogP contribution in [0.2, 0.25) is 0 Å². The third-order valence-corrected chi connectivity index (χ3v) is 3.58. The van der Waals surface area contributed by atoms with Gasteiger partial charge in [0.15, 0.2) is 0 Å². The maximum Gasteiger partial charge on any atom is 0.125 e. The molecule has 0 aliphatic heterocycles. The molecule has 0 aliphatic carbocycles. The molecule has 0 saturated heterocycles. The Morgan fingerprint density at radius 2 is 2.10 bits per heavy atom. The van der Waals surface area contributed by atoms with Crippen molar-refractivity contribution in [2.24, 2.45) is 0 Å². The predicted molar refractivity (Wildman–Crippen MR) is 82.1 cm³/mol. The summed E-state index contributed by atoms with van der Waals surface area (Å²) < 4.78 is 2.02. The Kier molecular flexibility index (Phi) is 3.59. The van der Waals surface area contributed by atoms with Crippen molar-refractivity contribution in [1.82, 2.24) is 14.5 Å². The number of imidazole rings is 1. The Labute approximate surface area is 127 Å². The summed E-state index contributed by atoms with van der Waals surface area (Å²) in [6.07, 6.45) is 0.